The van der Waals surface area contributed by atoms with Gasteiger partial charge in [-0.25, -0.2) is 0 Å². The molecule has 7 atom stereocenters. The fourth-order valence-corrected chi connectivity index (χ4v) is 7.61. The molecule has 0 aliphatic carbocycles. The van der Waals surface area contributed by atoms with Crippen LogP contribution in [0.1, 0.15) is 200 Å². The number of aliphatic hydroxyl groups is 5. The first-order valence-electron chi connectivity index (χ1n) is 25.8. The summed E-state index contributed by atoms with van der Waals surface area (Å²) in [5, 5.41) is 54.3. The van der Waals surface area contributed by atoms with Crippen molar-refractivity contribution in [3.63, 3.8) is 0 Å². The molecule has 368 valence electrons. The molecule has 6 N–H and O–H groups in total. The van der Waals surface area contributed by atoms with Crippen LogP contribution in [0, 0.1) is 0 Å². The summed E-state index contributed by atoms with van der Waals surface area (Å²) < 4.78 is 11.2. The predicted octanol–water partition coefficient (Wildman–Crippen LogP) is 11.9. The molecule has 1 aliphatic heterocycles. The molecule has 0 spiro atoms. The minimum Gasteiger partial charge on any atom is -0.394 e. The first kappa shape index (κ1) is 59.4. The molecule has 0 radical (unpaired) electrons. The topological polar surface area (TPSA) is 149 Å². The monoisotopic (exact) mass is 898 g/mol. The Hall–Kier alpha value is -2.63. The summed E-state index contributed by atoms with van der Waals surface area (Å²) in [4.78, 5) is 13.0. The van der Waals surface area contributed by atoms with Gasteiger partial charge in [0.1, 0.15) is 24.4 Å². The molecule has 1 rings (SSSR count). The molecule has 1 amide bonds. The van der Waals surface area contributed by atoms with Gasteiger partial charge >= 0.3 is 0 Å². The van der Waals surface area contributed by atoms with E-state index in [1.165, 1.54) is 103 Å². The third kappa shape index (κ3) is 33.8. The Bertz CT molecular complexity index is 1270. The van der Waals surface area contributed by atoms with Gasteiger partial charge in [-0.15, -0.1) is 0 Å². The normalized spacial score (nSPS) is 20.8. The van der Waals surface area contributed by atoms with Crippen molar-refractivity contribution in [1.82, 2.24) is 5.32 Å². The highest BCUT2D eigenvalue weighted by atomic mass is 16.7. The van der Waals surface area contributed by atoms with Crippen LogP contribution in [0.3, 0.4) is 0 Å². The first-order valence-corrected chi connectivity index (χ1v) is 25.8. The molecule has 0 aromatic carbocycles. The SMILES string of the molecule is CC/C=C\C/C=C\C/C=C\C/C=C\C/C=C\CCCCCCCCCCCCCC(=O)NC(COC1OC(CO)C(O)C(O)C1O)C(O)/C=C/CC/C=C/CCCCCCCCCC. The van der Waals surface area contributed by atoms with Crippen LogP contribution in [-0.4, -0.2) is 87.5 Å². The van der Waals surface area contributed by atoms with E-state index in [-0.39, 0.29) is 12.5 Å². The van der Waals surface area contributed by atoms with E-state index in [1.807, 2.05) is 6.08 Å². The number of aliphatic hydroxyl groups excluding tert-OH is 5. The second kappa shape index (κ2) is 44.2. The average Bonchev–Trinajstić information content (AvgIpc) is 3.29. The van der Waals surface area contributed by atoms with Crippen LogP contribution in [-0.2, 0) is 14.3 Å². The van der Waals surface area contributed by atoms with Gasteiger partial charge in [-0.1, -0.05) is 202 Å². The molecule has 9 heteroatoms. The zero-order valence-corrected chi connectivity index (χ0v) is 40.5. The van der Waals surface area contributed by atoms with Gasteiger partial charge in [0.2, 0.25) is 5.91 Å². The van der Waals surface area contributed by atoms with Crippen LogP contribution in [0.4, 0.5) is 0 Å². The molecular formula is C55H95NO8. The fourth-order valence-electron chi connectivity index (χ4n) is 7.61. The molecule has 9 nitrogen and oxygen atoms in total. The van der Waals surface area contributed by atoms with Gasteiger partial charge in [0.05, 0.1) is 25.4 Å². The van der Waals surface area contributed by atoms with Gasteiger partial charge in [0.15, 0.2) is 6.29 Å². The van der Waals surface area contributed by atoms with Gasteiger partial charge < -0.3 is 40.3 Å². The molecule has 7 unspecified atom stereocenters. The van der Waals surface area contributed by atoms with Crippen molar-refractivity contribution < 1.29 is 39.8 Å². The van der Waals surface area contributed by atoms with E-state index in [1.54, 1.807) is 6.08 Å². The number of hydrogen-bond acceptors (Lipinski definition) is 8. The van der Waals surface area contributed by atoms with Crippen LogP contribution in [0.5, 0.6) is 0 Å². The summed E-state index contributed by atoms with van der Waals surface area (Å²) in [5.41, 5.74) is 0. The summed E-state index contributed by atoms with van der Waals surface area (Å²) in [6.07, 6.45) is 54.9. The summed E-state index contributed by atoms with van der Waals surface area (Å²) >= 11 is 0. The van der Waals surface area contributed by atoms with E-state index in [0.717, 1.165) is 77.0 Å². The lowest BCUT2D eigenvalue weighted by Crippen LogP contribution is -2.60. The first-order chi connectivity index (χ1) is 31.3. The second-order valence-electron chi connectivity index (χ2n) is 17.6. The maximum atomic E-state index is 13.0. The molecule has 64 heavy (non-hydrogen) atoms. The number of ether oxygens (including phenoxy) is 2. The van der Waals surface area contributed by atoms with Crippen molar-refractivity contribution in [1.29, 1.82) is 0 Å². The van der Waals surface area contributed by atoms with Gasteiger partial charge in [0.25, 0.3) is 0 Å². The predicted molar refractivity (Wildman–Crippen MR) is 267 cm³/mol. The molecular weight excluding hydrogens is 803 g/mol. The van der Waals surface area contributed by atoms with Crippen molar-refractivity contribution in [2.75, 3.05) is 13.2 Å². The van der Waals surface area contributed by atoms with E-state index in [2.05, 4.69) is 92.1 Å². The Balaban J connectivity index is 2.26. The number of carbonyl (C=O) groups is 1. The fraction of sp³-hybridized carbons (Fsp3) is 0.727. The Morgan fingerprint density at radius 1 is 0.547 bits per heavy atom. The zero-order chi connectivity index (χ0) is 46.6. The minimum absolute atomic E-state index is 0.194. The lowest BCUT2D eigenvalue weighted by atomic mass is 9.99. The molecule has 1 aliphatic rings. The zero-order valence-electron chi connectivity index (χ0n) is 40.5. The van der Waals surface area contributed by atoms with Gasteiger partial charge in [-0.2, -0.15) is 0 Å². The third-order valence-electron chi connectivity index (χ3n) is 11.7. The summed E-state index contributed by atoms with van der Waals surface area (Å²) in [6, 6.07) is -0.827. The number of nitrogens with one attached hydrogen (secondary N) is 1. The Kier molecular flexibility index (Phi) is 41.0. The highest BCUT2D eigenvalue weighted by molar-refractivity contribution is 5.76. The lowest BCUT2D eigenvalue weighted by molar-refractivity contribution is -0.302. The minimum atomic E-state index is -1.58. The molecule has 1 saturated heterocycles. The molecule has 0 aromatic heterocycles. The van der Waals surface area contributed by atoms with Gasteiger partial charge in [-0.3, -0.25) is 4.79 Å². The summed E-state index contributed by atoms with van der Waals surface area (Å²) in [7, 11) is 0. The standard InChI is InChI=1S/C55H95NO8/c1-3-5-7-9-11-13-15-17-19-20-21-22-23-24-25-26-27-28-29-30-31-33-35-37-39-41-43-45-51(59)56-48(47-63-55-54(62)53(61)52(60)50(46-57)64-55)49(58)44-42-40-38-36-34-32-18-16-14-12-10-8-6-4-2/h5,7,11,13,17,19,21-22,24-25,34,36,42,44,48-50,52-55,57-58,60-62H,3-4,6,8-10,12,14-16,18,20,23,26-33,35,37-41,43,45-47H2,1-2H3,(H,56,59)/b7-5-,13-11-,19-17-,22-21-,25-24-,36-34+,44-42+. The van der Waals surface area contributed by atoms with Crippen molar-refractivity contribution in [3.8, 4) is 0 Å². The number of allylic oxidation sites excluding steroid dienone is 13. The Morgan fingerprint density at radius 2 is 0.984 bits per heavy atom. The quantitative estimate of drug-likeness (QED) is 0.0262. The lowest BCUT2D eigenvalue weighted by Gasteiger charge is -2.40. The number of unbranched alkanes of at least 4 members (excludes halogenated alkanes) is 20. The van der Waals surface area contributed by atoms with Crippen LogP contribution < -0.4 is 5.32 Å². The van der Waals surface area contributed by atoms with E-state index in [9.17, 15) is 30.3 Å². The highest BCUT2D eigenvalue weighted by Gasteiger charge is 2.44. The molecule has 1 fully saturated rings. The van der Waals surface area contributed by atoms with E-state index in [0.29, 0.717) is 6.42 Å². The number of rotatable bonds is 42. The van der Waals surface area contributed by atoms with Gasteiger partial charge in [0, 0.05) is 6.42 Å². The third-order valence-corrected chi connectivity index (χ3v) is 11.7. The van der Waals surface area contributed by atoms with Crippen LogP contribution >= 0.6 is 0 Å². The summed E-state index contributed by atoms with van der Waals surface area (Å²) in [5.74, 6) is -0.194. The van der Waals surface area contributed by atoms with Crippen molar-refractivity contribution in [3.05, 3.63) is 85.1 Å². The maximum absolute atomic E-state index is 13.0. The summed E-state index contributed by atoms with van der Waals surface area (Å²) in [6.45, 7) is 3.63. The van der Waals surface area contributed by atoms with Gasteiger partial charge in [-0.05, 0) is 77.0 Å². The largest absolute Gasteiger partial charge is 0.394 e. The molecule has 1 heterocycles. The molecule has 0 aromatic rings. The van der Waals surface area contributed by atoms with E-state index < -0.39 is 49.5 Å². The molecule has 0 saturated carbocycles. The van der Waals surface area contributed by atoms with Crippen LogP contribution in [0.25, 0.3) is 0 Å². The van der Waals surface area contributed by atoms with Crippen molar-refractivity contribution in [2.24, 2.45) is 0 Å². The van der Waals surface area contributed by atoms with Crippen LogP contribution in [0.15, 0.2) is 85.1 Å². The van der Waals surface area contributed by atoms with E-state index >= 15 is 0 Å². The second-order valence-corrected chi connectivity index (χ2v) is 17.6. The Morgan fingerprint density at radius 3 is 1.50 bits per heavy atom. The van der Waals surface area contributed by atoms with Crippen molar-refractivity contribution >= 4 is 5.91 Å². The van der Waals surface area contributed by atoms with E-state index in [4.69, 9.17) is 9.47 Å². The smallest absolute Gasteiger partial charge is 0.220 e. The van der Waals surface area contributed by atoms with Crippen molar-refractivity contribution in [2.45, 2.75) is 243 Å². The maximum Gasteiger partial charge on any atom is 0.220 e. The number of hydrogen-bond donors (Lipinski definition) is 6. The number of amides is 1. The molecule has 0 bridgehead atoms. The number of carbonyl (C=O) groups excluding carboxylic acids is 1. The highest BCUT2D eigenvalue weighted by Crippen LogP contribution is 2.22. The van der Waals surface area contributed by atoms with Crippen LogP contribution in [0.2, 0.25) is 0 Å². The Labute approximate surface area is 391 Å². The average molecular weight is 898 g/mol.